The van der Waals surface area contributed by atoms with Gasteiger partial charge < -0.3 is 4.74 Å². The number of sulfonamides is 1. The summed E-state index contributed by atoms with van der Waals surface area (Å²) in [6.07, 6.45) is -0.0189. The van der Waals surface area contributed by atoms with E-state index in [1.54, 1.807) is 0 Å². The van der Waals surface area contributed by atoms with E-state index in [4.69, 9.17) is 27.9 Å². The van der Waals surface area contributed by atoms with Crippen LogP contribution in [0.1, 0.15) is 0 Å². The van der Waals surface area contributed by atoms with Gasteiger partial charge in [0.2, 0.25) is 10.0 Å². The topological polar surface area (TPSA) is 49.9 Å². The highest BCUT2D eigenvalue weighted by molar-refractivity contribution is 9.10. The number of ether oxygens (including phenoxy) is 1. The maximum absolute atomic E-state index is 12.4. The zero-order chi connectivity index (χ0) is 13.5. The maximum Gasteiger partial charge on any atom is 0.245 e. The summed E-state index contributed by atoms with van der Waals surface area (Å²) in [6, 6.07) is 2.91. The molecular weight excluding hydrogens is 365 g/mol. The van der Waals surface area contributed by atoms with E-state index in [9.17, 15) is 8.42 Å². The molecule has 100 valence electrons. The molecule has 0 saturated carbocycles. The third kappa shape index (κ3) is 3.00. The van der Waals surface area contributed by atoms with Gasteiger partial charge in [-0.1, -0.05) is 23.2 Å². The molecule has 4 nitrogen and oxygen atoms in total. The van der Waals surface area contributed by atoms with E-state index in [0.29, 0.717) is 22.6 Å². The molecule has 1 atom stereocenters. The van der Waals surface area contributed by atoms with E-state index < -0.39 is 10.0 Å². The fourth-order valence-corrected chi connectivity index (χ4v) is 4.88. The summed E-state index contributed by atoms with van der Waals surface area (Å²) in [6.45, 7) is 0.906. The van der Waals surface area contributed by atoms with Gasteiger partial charge in [-0.3, -0.25) is 0 Å². The number of hydrogen-bond acceptors (Lipinski definition) is 3. The summed E-state index contributed by atoms with van der Waals surface area (Å²) in [4.78, 5) is 0.0247. The predicted molar refractivity (Wildman–Crippen MR) is 73.7 cm³/mol. The molecule has 0 radical (unpaired) electrons. The molecule has 2 rings (SSSR count). The van der Waals surface area contributed by atoms with Crippen molar-refractivity contribution in [3.63, 3.8) is 0 Å². The fraction of sp³-hybridized carbons (Fsp3) is 0.400. The molecule has 0 aliphatic carbocycles. The lowest BCUT2D eigenvalue weighted by atomic mass is 10.4. The van der Waals surface area contributed by atoms with Gasteiger partial charge in [-0.25, -0.2) is 8.42 Å². The Morgan fingerprint density at radius 3 is 2.61 bits per heavy atom. The van der Waals surface area contributed by atoms with Crippen molar-refractivity contribution in [3.8, 4) is 0 Å². The molecule has 0 bridgehead atoms. The molecule has 0 N–H and O–H groups in total. The highest BCUT2D eigenvalue weighted by Crippen LogP contribution is 2.34. The molecule has 0 amide bonds. The van der Waals surface area contributed by atoms with Gasteiger partial charge in [0, 0.05) is 23.1 Å². The van der Waals surface area contributed by atoms with Gasteiger partial charge in [0.05, 0.1) is 17.7 Å². The molecule has 0 unspecified atom stereocenters. The number of nitrogens with zero attached hydrogens (tertiary/aromatic N) is 1. The Bertz CT molecular complexity index is 551. The van der Waals surface area contributed by atoms with Crippen LogP contribution in [0.2, 0.25) is 10.0 Å². The van der Waals surface area contributed by atoms with Gasteiger partial charge >= 0.3 is 0 Å². The summed E-state index contributed by atoms with van der Waals surface area (Å²) in [5, 5.41) is 0.469. The zero-order valence-corrected chi connectivity index (χ0v) is 13.3. The molecule has 1 fully saturated rings. The van der Waals surface area contributed by atoms with E-state index in [-0.39, 0.29) is 16.0 Å². The summed E-state index contributed by atoms with van der Waals surface area (Å²) in [5.74, 6) is 0. The summed E-state index contributed by atoms with van der Waals surface area (Å²) in [7, 11) is -2.16. The molecule has 0 spiro atoms. The minimum Gasteiger partial charge on any atom is -0.372 e. The summed E-state index contributed by atoms with van der Waals surface area (Å²) < 4.78 is 31.3. The van der Waals surface area contributed by atoms with Gasteiger partial charge in [-0.15, -0.1) is 0 Å². The molecular formula is C10H10BrCl2NO3S. The van der Waals surface area contributed by atoms with Crippen LogP contribution in [0.15, 0.2) is 21.5 Å². The van der Waals surface area contributed by atoms with Crippen molar-refractivity contribution in [3.05, 3.63) is 26.7 Å². The van der Waals surface area contributed by atoms with Crippen molar-refractivity contribution in [2.75, 3.05) is 20.2 Å². The molecule has 0 aromatic heterocycles. The second-order valence-corrected chi connectivity index (χ2v) is 7.62. The van der Waals surface area contributed by atoms with Crippen LogP contribution in [-0.4, -0.2) is 39.0 Å². The first-order chi connectivity index (χ1) is 8.32. The average molecular weight is 375 g/mol. The van der Waals surface area contributed by atoms with Gasteiger partial charge in [-0.2, -0.15) is 4.31 Å². The quantitative estimate of drug-likeness (QED) is 0.761. The second kappa shape index (κ2) is 5.26. The Morgan fingerprint density at radius 2 is 2.11 bits per heavy atom. The largest absolute Gasteiger partial charge is 0.372 e. The van der Waals surface area contributed by atoms with Crippen molar-refractivity contribution in [2.24, 2.45) is 0 Å². The number of rotatable bonds is 4. The van der Waals surface area contributed by atoms with Gasteiger partial charge in [0.1, 0.15) is 4.90 Å². The lowest BCUT2D eigenvalue weighted by Crippen LogP contribution is -2.31. The highest BCUT2D eigenvalue weighted by Gasteiger charge is 2.32. The molecule has 1 aromatic rings. The normalized spacial score (nSPS) is 19.3. The molecule has 18 heavy (non-hydrogen) atoms. The van der Waals surface area contributed by atoms with Crippen LogP contribution in [-0.2, 0) is 14.8 Å². The fourth-order valence-electron chi connectivity index (χ4n) is 1.49. The lowest BCUT2D eigenvalue weighted by Gasteiger charge is -2.18. The van der Waals surface area contributed by atoms with Crippen LogP contribution in [0.4, 0.5) is 0 Å². The molecule has 1 aromatic carbocycles. The second-order valence-electron chi connectivity index (χ2n) is 3.94. The minimum atomic E-state index is -3.66. The van der Waals surface area contributed by atoms with E-state index >= 15 is 0 Å². The average Bonchev–Trinajstić information content (AvgIpc) is 2.98. The van der Waals surface area contributed by atoms with E-state index in [2.05, 4.69) is 15.9 Å². The van der Waals surface area contributed by atoms with Crippen molar-refractivity contribution in [2.45, 2.75) is 11.0 Å². The molecule has 8 heteroatoms. The monoisotopic (exact) mass is 373 g/mol. The smallest absolute Gasteiger partial charge is 0.245 e. The van der Waals surface area contributed by atoms with Crippen molar-refractivity contribution >= 4 is 49.2 Å². The Morgan fingerprint density at radius 1 is 1.50 bits per heavy atom. The van der Waals surface area contributed by atoms with Crippen molar-refractivity contribution in [1.29, 1.82) is 0 Å². The van der Waals surface area contributed by atoms with Gasteiger partial charge in [0.15, 0.2) is 0 Å². The highest BCUT2D eigenvalue weighted by atomic mass is 79.9. The Hall–Kier alpha value is 0.150. The SMILES string of the molecule is CN(C[C@H]1CO1)S(=O)(=O)c1c(Cl)cc(Cl)cc1Br. The Kier molecular flexibility index (Phi) is 4.26. The number of benzene rings is 1. The van der Waals surface area contributed by atoms with Crippen LogP contribution in [0.3, 0.4) is 0 Å². The van der Waals surface area contributed by atoms with Crippen LogP contribution < -0.4 is 0 Å². The van der Waals surface area contributed by atoms with Gasteiger partial charge in [-0.05, 0) is 28.1 Å². The summed E-state index contributed by atoms with van der Waals surface area (Å²) >= 11 is 14.9. The first-order valence-corrected chi connectivity index (χ1v) is 8.03. The Balaban J connectivity index is 2.39. The number of halogens is 3. The third-order valence-corrected chi connectivity index (χ3v) is 5.94. The van der Waals surface area contributed by atoms with E-state index in [0.717, 1.165) is 0 Å². The molecule has 1 saturated heterocycles. The molecule has 1 aliphatic rings. The standard InChI is InChI=1S/C10H10BrCl2NO3S/c1-14(4-7-5-17-7)18(15,16)10-8(11)2-6(12)3-9(10)13/h2-3,7H,4-5H2,1H3/t7-/m0/s1. The third-order valence-electron chi connectivity index (χ3n) is 2.49. The maximum atomic E-state index is 12.4. The number of hydrogen-bond donors (Lipinski definition) is 0. The van der Waals surface area contributed by atoms with Gasteiger partial charge in [0.25, 0.3) is 0 Å². The van der Waals surface area contributed by atoms with Crippen molar-refractivity contribution < 1.29 is 13.2 Å². The lowest BCUT2D eigenvalue weighted by molar-refractivity contribution is 0.359. The molecule has 1 heterocycles. The molecule has 1 aliphatic heterocycles. The van der Waals surface area contributed by atoms with Crippen LogP contribution in [0.25, 0.3) is 0 Å². The Labute approximate surface area is 124 Å². The van der Waals surface area contributed by atoms with E-state index in [1.807, 2.05) is 0 Å². The van der Waals surface area contributed by atoms with Crippen LogP contribution in [0, 0.1) is 0 Å². The number of likely N-dealkylation sites (N-methyl/N-ethyl adjacent to an activating group) is 1. The predicted octanol–water partition coefficient (Wildman–Crippen LogP) is 2.78. The minimum absolute atomic E-state index is 0.0189. The number of epoxide rings is 1. The van der Waals surface area contributed by atoms with Crippen LogP contribution in [0.5, 0.6) is 0 Å². The van der Waals surface area contributed by atoms with E-state index in [1.165, 1.54) is 23.5 Å². The van der Waals surface area contributed by atoms with Crippen molar-refractivity contribution in [1.82, 2.24) is 4.31 Å². The summed E-state index contributed by atoms with van der Waals surface area (Å²) in [5.41, 5.74) is 0. The van der Waals surface area contributed by atoms with Crippen LogP contribution >= 0.6 is 39.1 Å². The first-order valence-electron chi connectivity index (χ1n) is 5.05. The zero-order valence-electron chi connectivity index (χ0n) is 9.36. The first kappa shape index (κ1) is 14.6.